The van der Waals surface area contributed by atoms with Crippen LogP contribution in [0, 0.1) is 5.92 Å². The van der Waals surface area contributed by atoms with E-state index in [1.165, 1.54) is 0 Å². The third kappa shape index (κ3) is 2.57. The molecule has 2 atom stereocenters. The second-order valence-corrected chi connectivity index (χ2v) is 7.72. The lowest BCUT2D eigenvalue weighted by Crippen LogP contribution is -2.47. The van der Waals surface area contributed by atoms with Crippen LogP contribution in [0.4, 0.5) is 5.13 Å². The summed E-state index contributed by atoms with van der Waals surface area (Å²) in [6.07, 6.45) is 1.15. The second kappa shape index (κ2) is 5.81. The molecule has 1 aromatic carbocycles. The van der Waals surface area contributed by atoms with Crippen LogP contribution in [-0.2, 0) is 6.54 Å². The summed E-state index contributed by atoms with van der Waals surface area (Å²) in [6, 6.07) is 14.1. The van der Waals surface area contributed by atoms with Crippen molar-refractivity contribution in [2.24, 2.45) is 5.92 Å². The number of piperidine rings is 1. The van der Waals surface area contributed by atoms with Crippen molar-refractivity contribution < 1.29 is 0 Å². The third-order valence-electron chi connectivity index (χ3n) is 5.28. The predicted octanol–water partition coefficient (Wildman–Crippen LogP) is 2.99. The van der Waals surface area contributed by atoms with Crippen molar-refractivity contribution in [2.45, 2.75) is 18.9 Å². The van der Waals surface area contributed by atoms with E-state index in [1.54, 1.807) is 22.9 Å². The molecule has 0 amide bonds. The fourth-order valence-corrected chi connectivity index (χ4v) is 4.80. The molecule has 0 aliphatic carbocycles. The van der Waals surface area contributed by atoms with Crippen molar-refractivity contribution >= 4 is 16.5 Å². The zero-order valence-corrected chi connectivity index (χ0v) is 14.5. The van der Waals surface area contributed by atoms with E-state index in [9.17, 15) is 4.79 Å². The molecule has 0 radical (unpaired) electrons. The highest BCUT2D eigenvalue weighted by Gasteiger charge is 2.35. The van der Waals surface area contributed by atoms with Crippen molar-refractivity contribution in [1.82, 2.24) is 14.8 Å². The summed E-state index contributed by atoms with van der Waals surface area (Å²) < 4.78 is 1.99. The Kier molecular flexibility index (Phi) is 3.45. The van der Waals surface area contributed by atoms with Crippen LogP contribution in [0.2, 0.25) is 0 Å². The summed E-state index contributed by atoms with van der Waals surface area (Å²) in [7, 11) is 0. The van der Waals surface area contributed by atoms with Gasteiger partial charge < -0.3 is 9.47 Å². The number of rotatable bonds is 2. The van der Waals surface area contributed by atoms with Crippen molar-refractivity contribution in [1.29, 1.82) is 0 Å². The Morgan fingerprint density at radius 3 is 2.72 bits per heavy atom. The first-order valence-electron chi connectivity index (χ1n) is 8.59. The molecule has 25 heavy (non-hydrogen) atoms. The van der Waals surface area contributed by atoms with Crippen LogP contribution in [-0.4, -0.2) is 27.9 Å². The largest absolute Gasteiger partial charge is 0.346 e. The molecule has 0 spiro atoms. The zero-order chi connectivity index (χ0) is 16.8. The Morgan fingerprint density at radius 2 is 1.92 bits per heavy atom. The van der Waals surface area contributed by atoms with Gasteiger partial charge in [0.2, 0.25) is 5.13 Å². The average molecular weight is 350 g/mol. The number of hydrogen-bond acceptors (Lipinski definition) is 5. The zero-order valence-electron chi connectivity index (χ0n) is 13.7. The number of nitrogens with zero attached hydrogens (tertiary/aromatic N) is 4. The Hall–Kier alpha value is -2.47. The molecule has 5 rings (SSSR count). The summed E-state index contributed by atoms with van der Waals surface area (Å²) >= 11 is 1.59. The van der Waals surface area contributed by atoms with Crippen LogP contribution in [0.1, 0.15) is 18.0 Å². The molecule has 1 fully saturated rings. The molecule has 2 aromatic heterocycles. The minimum Gasteiger partial charge on any atom is -0.346 e. The van der Waals surface area contributed by atoms with Crippen molar-refractivity contribution in [2.75, 3.05) is 18.0 Å². The summed E-state index contributed by atoms with van der Waals surface area (Å²) in [4.78, 5) is 15.1. The molecular weight excluding hydrogens is 332 g/mol. The summed E-state index contributed by atoms with van der Waals surface area (Å²) in [5.74, 6) is 0.864. The highest BCUT2D eigenvalue weighted by molar-refractivity contribution is 7.13. The second-order valence-electron chi connectivity index (χ2n) is 6.91. The van der Waals surface area contributed by atoms with Crippen LogP contribution in [0.3, 0.4) is 0 Å². The molecule has 1 saturated heterocycles. The van der Waals surface area contributed by atoms with E-state index >= 15 is 0 Å². The molecule has 0 N–H and O–H groups in total. The van der Waals surface area contributed by atoms with E-state index in [0.29, 0.717) is 11.8 Å². The third-order valence-corrected chi connectivity index (χ3v) is 6.03. The van der Waals surface area contributed by atoms with Gasteiger partial charge in [-0.2, -0.15) is 0 Å². The van der Waals surface area contributed by atoms with Crippen molar-refractivity contribution in [3.63, 3.8) is 0 Å². The van der Waals surface area contributed by atoms with Gasteiger partial charge in [0.1, 0.15) is 5.51 Å². The molecule has 6 heteroatoms. The number of anilines is 1. The fourth-order valence-electron chi connectivity index (χ4n) is 4.22. The lowest BCUT2D eigenvalue weighted by Gasteiger charge is -2.42. The Bertz CT molecular complexity index is 951. The van der Waals surface area contributed by atoms with Crippen LogP contribution in [0.15, 0.2) is 52.8 Å². The molecule has 2 aliphatic heterocycles. The van der Waals surface area contributed by atoms with E-state index in [4.69, 9.17) is 0 Å². The van der Waals surface area contributed by atoms with Gasteiger partial charge in [-0.05, 0) is 29.5 Å². The Labute approximate surface area is 149 Å². The predicted molar refractivity (Wildman–Crippen MR) is 99.1 cm³/mol. The van der Waals surface area contributed by atoms with Gasteiger partial charge in [0.25, 0.3) is 5.56 Å². The standard InChI is InChI=1S/C19H18N4OS/c24-18-8-15(14-4-2-1-3-5-14)7-17-16-6-13(10-23(17)18)9-22(11-16)19-21-20-12-25-19/h1-5,7-8,12-13,16H,6,9-11H2/t13-,16+/m0/s1. The highest BCUT2D eigenvalue weighted by atomic mass is 32.1. The molecule has 0 saturated carbocycles. The van der Waals surface area contributed by atoms with Gasteiger partial charge in [0.15, 0.2) is 0 Å². The first kappa shape index (κ1) is 14.8. The molecule has 2 bridgehead atoms. The maximum atomic E-state index is 12.7. The van der Waals surface area contributed by atoms with Gasteiger partial charge in [-0.3, -0.25) is 4.79 Å². The van der Waals surface area contributed by atoms with E-state index in [1.807, 2.05) is 22.8 Å². The topological polar surface area (TPSA) is 51.0 Å². The number of pyridine rings is 1. The minimum absolute atomic E-state index is 0.121. The highest BCUT2D eigenvalue weighted by Crippen LogP contribution is 2.38. The van der Waals surface area contributed by atoms with E-state index in [-0.39, 0.29) is 5.56 Å². The smallest absolute Gasteiger partial charge is 0.251 e. The minimum atomic E-state index is 0.121. The van der Waals surface area contributed by atoms with Crippen LogP contribution < -0.4 is 10.5 Å². The monoisotopic (exact) mass is 350 g/mol. The lowest BCUT2D eigenvalue weighted by atomic mass is 9.82. The molecule has 4 heterocycles. The maximum absolute atomic E-state index is 12.7. The van der Waals surface area contributed by atoms with Gasteiger partial charge in [-0.1, -0.05) is 41.7 Å². The van der Waals surface area contributed by atoms with E-state index < -0.39 is 0 Å². The molecule has 126 valence electrons. The SMILES string of the molecule is O=c1cc(-c2ccccc2)cc2n1C[C@H]1C[C@@H]2CN(c2nncs2)C1. The quantitative estimate of drug-likeness (QED) is 0.713. The molecular formula is C19H18N4OS. The number of aromatic nitrogens is 3. The van der Waals surface area contributed by atoms with Crippen LogP contribution in [0.25, 0.3) is 11.1 Å². The number of benzene rings is 1. The van der Waals surface area contributed by atoms with Crippen LogP contribution >= 0.6 is 11.3 Å². The van der Waals surface area contributed by atoms with E-state index in [2.05, 4.69) is 33.3 Å². The number of hydrogen-bond donors (Lipinski definition) is 0. The maximum Gasteiger partial charge on any atom is 0.251 e. The molecule has 0 unspecified atom stereocenters. The molecule has 3 aromatic rings. The average Bonchev–Trinajstić information content (AvgIpc) is 3.18. The van der Waals surface area contributed by atoms with Gasteiger partial charge >= 0.3 is 0 Å². The van der Waals surface area contributed by atoms with Gasteiger partial charge in [-0.15, -0.1) is 10.2 Å². The van der Waals surface area contributed by atoms with Gasteiger partial charge in [0, 0.05) is 37.3 Å². The Balaban J connectivity index is 1.56. The normalized spacial score (nSPS) is 21.8. The van der Waals surface area contributed by atoms with Gasteiger partial charge in [-0.25, -0.2) is 0 Å². The first-order chi connectivity index (χ1) is 12.3. The molecule has 5 nitrogen and oxygen atoms in total. The van der Waals surface area contributed by atoms with Crippen molar-refractivity contribution in [3.8, 4) is 11.1 Å². The van der Waals surface area contributed by atoms with E-state index in [0.717, 1.165) is 48.0 Å². The summed E-state index contributed by atoms with van der Waals surface area (Å²) in [5, 5.41) is 9.20. The van der Waals surface area contributed by atoms with Crippen LogP contribution in [0.5, 0.6) is 0 Å². The number of fused-ring (bicyclic) bond motifs is 4. The lowest BCUT2D eigenvalue weighted by molar-refractivity contribution is 0.281. The first-order valence-corrected chi connectivity index (χ1v) is 9.47. The van der Waals surface area contributed by atoms with Gasteiger partial charge in [0.05, 0.1) is 0 Å². The fraction of sp³-hybridized carbons (Fsp3) is 0.316. The summed E-state index contributed by atoms with van der Waals surface area (Å²) in [6.45, 7) is 2.66. The molecule has 2 aliphatic rings. The van der Waals surface area contributed by atoms with Crippen molar-refractivity contribution in [3.05, 3.63) is 64.0 Å². The summed E-state index contributed by atoms with van der Waals surface area (Å²) in [5.41, 5.74) is 5.18. The Morgan fingerprint density at radius 1 is 1.04 bits per heavy atom.